The zero-order chi connectivity index (χ0) is 43.9. The first-order valence-corrected chi connectivity index (χ1v) is 22.2. The molecule has 14 heteroatoms. The van der Waals surface area contributed by atoms with Crippen LogP contribution in [0.4, 0.5) is 0 Å². The van der Waals surface area contributed by atoms with Gasteiger partial charge in [0.1, 0.15) is 36.0 Å². The number of hydrogen-bond donors (Lipinski definition) is 2. The molecule has 328 valence electrons. The first-order valence-electron chi connectivity index (χ1n) is 21.2. The van der Waals surface area contributed by atoms with Crippen LogP contribution in [0, 0.1) is 23.2 Å². The molecule has 3 heterocycles. The van der Waals surface area contributed by atoms with Crippen molar-refractivity contribution in [3.05, 3.63) is 41.5 Å². The molecule has 0 aliphatic carbocycles. The van der Waals surface area contributed by atoms with E-state index in [1.54, 1.807) is 62.9 Å². The predicted octanol–water partition coefficient (Wildman–Crippen LogP) is 5.28. The number of fused-ring (bicyclic) bond motifs is 2. The summed E-state index contributed by atoms with van der Waals surface area (Å²) in [7, 11) is 4.67. The monoisotopic (exact) mass is 839 g/mol. The largest absolute Gasteiger partial charge is 0.497 e. The summed E-state index contributed by atoms with van der Waals surface area (Å²) in [5.74, 6) is -1.41. The van der Waals surface area contributed by atoms with Crippen LogP contribution < -0.4 is 10.1 Å². The summed E-state index contributed by atoms with van der Waals surface area (Å²) in [6.07, 6.45) is 3.41. The number of nitrogens with one attached hydrogen (secondary N) is 1. The lowest BCUT2D eigenvalue weighted by Gasteiger charge is -2.39. The number of likely N-dealkylation sites (N-methyl/N-ethyl adjacent to an activating group) is 2. The Bertz CT molecular complexity index is 1730. The number of esters is 1. The molecule has 0 saturated carbocycles. The SMILES string of the molecule is CC[C@H](C)[C@H]1C(=O)N2CCC[C@H]2C(=O)O[C@H](C(C)(C)C)C[C@@H](C)C[C@H](O)[C@@H](C)C2=N[C@@H](/C=C(\C)C(=O)N[C@@H](Cc3ccc(OC)cc3)C(=O)N(C)[C@@H](C)C(=O)N1C)CS2. The van der Waals surface area contributed by atoms with Crippen molar-refractivity contribution in [3.63, 3.8) is 0 Å². The first-order chi connectivity index (χ1) is 27.7. The third-order valence-electron chi connectivity index (χ3n) is 12.4. The van der Waals surface area contributed by atoms with E-state index >= 15 is 0 Å². The van der Waals surface area contributed by atoms with Crippen molar-refractivity contribution in [1.29, 1.82) is 0 Å². The summed E-state index contributed by atoms with van der Waals surface area (Å²) in [6.45, 7) is 17.6. The lowest BCUT2D eigenvalue weighted by molar-refractivity contribution is -0.166. The normalized spacial score (nSPS) is 31.6. The Hall–Kier alpha value is -3.91. The number of benzene rings is 1. The minimum atomic E-state index is -1.03. The summed E-state index contributed by atoms with van der Waals surface area (Å²) >= 11 is 1.56. The molecule has 3 aliphatic heterocycles. The molecule has 0 unspecified atom stereocenters. The number of aliphatic hydroxyl groups is 1. The van der Waals surface area contributed by atoms with E-state index in [1.165, 1.54) is 16.8 Å². The van der Waals surface area contributed by atoms with Crippen LogP contribution in [0.5, 0.6) is 5.75 Å². The van der Waals surface area contributed by atoms with Crippen molar-refractivity contribution in [3.8, 4) is 5.75 Å². The lowest BCUT2D eigenvalue weighted by atomic mass is 9.81. The highest BCUT2D eigenvalue weighted by Crippen LogP contribution is 2.34. The van der Waals surface area contributed by atoms with Gasteiger partial charge in [0.25, 0.3) is 0 Å². The van der Waals surface area contributed by atoms with Gasteiger partial charge in [-0.05, 0) is 74.5 Å². The van der Waals surface area contributed by atoms with Crippen molar-refractivity contribution in [2.75, 3.05) is 33.5 Å². The fraction of sp³-hybridized carbons (Fsp3) is 0.689. The van der Waals surface area contributed by atoms with E-state index in [1.807, 2.05) is 60.6 Å². The molecule has 1 saturated heterocycles. The Morgan fingerprint density at radius 3 is 2.27 bits per heavy atom. The number of methoxy groups -OCH3 is 1. The number of hydrogen-bond acceptors (Lipinski definition) is 10. The molecule has 2 bridgehead atoms. The van der Waals surface area contributed by atoms with Crippen LogP contribution in [0.1, 0.15) is 100.0 Å². The summed E-state index contributed by atoms with van der Waals surface area (Å²) in [4.78, 5) is 80.4. The molecule has 2 N–H and O–H groups in total. The Morgan fingerprint density at radius 2 is 1.66 bits per heavy atom. The molecule has 59 heavy (non-hydrogen) atoms. The number of nitrogens with zero attached hydrogens (tertiary/aromatic N) is 4. The second-order valence-electron chi connectivity index (χ2n) is 18.1. The van der Waals surface area contributed by atoms with Gasteiger partial charge in [0.2, 0.25) is 23.6 Å². The Labute approximate surface area is 356 Å². The highest BCUT2D eigenvalue weighted by atomic mass is 32.2. The van der Waals surface area contributed by atoms with Crippen LogP contribution in [0.25, 0.3) is 0 Å². The van der Waals surface area contributed by atoms with E-state index in [4.69, 9.17) is 14.5 Å². The molecule has 0 spiro atoms. The fourth-order valence-electron chi connectivity index (χ4n) is 8.11. The second-order valence-corrected chi connectivity index (χ2v) is 19.1. The molecule has 4 amide bonds. The molecule has 0 aromatic heterocycles. The number of thioether (sulfide) groups is 1. The number of carbonyl (C=O) groups is 5. The first kappa shape index (κ1) is 47.8. The highest BCUT2D eigenvalue weighted by molar-refractivity contribution is 8.14. The van der Waals surface area contributed by atoms with Crippen molar-refractivity contribution in [1.82, 2.24) is 20.0 Å². The average Bonchev–Trinajstić information content (AvgIpc) is 3.89. The summed E-state index contributed by atoms with van der Waals surface area (Å²) < 4.78 is 11.6. The predicted molar refractivity (Wildman–Crippen MR) is 232 cm³/mol. The maximum atomic E-state index is 14.6. The molecular formula is C45H69N5O8S. The molecule has 3 aliphatic rings. The van der Waals surface area contributed by atoms with Gasteiger partial charge in [-0.1, -0.05) is 73.1 Å². The van der Waals surface area contributed by atoms with Crippen LogP contribution in [-0.2, 0) is 35.1 Å². The van der Waals surface area contributed by atoms with E-state index in [2.05, 4.69) is 5.32 Å². The number of carbonyl (C=O) groups excluding carboxylic acids is 5. The van der Waals surface area contributed by atoms with E-state index in [0.717, 1.165) is 10.6 Å². The van der Waals surface area contributed by atoms with Gasteiger partial charge in [0.15, 0.2) is 0 Å². The van der Waals surface area contributed by atoms with Crippen LogP contribution >= 0.6 is 11.8 Å². The average molecular weight is 840 g/mol. The van der Waals surface area contributed by atoms with Crippen LogP contribution in [0.2, 0.25) is 0 Å². The van der Waals surface area contributed by atoms with Gasteiger partial charge in [-0.15, -0.1) is 11.8 Å². The van der Waals surface area contributed by atoms with Crippen molar-refractivity contribution in [2.24, 2.45) is 28.2 Å². The van der Waals surface area contributed by atoms with Gasteiger partial charge in [-0.25, -0.2) is 4.79 Å². The fourth-order valence-corrected chi connectivity index (χ4v) is 9.25. The standard InChI is InChI=1S/C45H69N5O8S/c1-13-27(3)38-43(55)50-20-14-15-35(50)44(56)58-37(45(7,8)9)22-26(2)21-36(51)29(5)40-46-32(25-59-40)23-28(4)39(52)47-34(24-31-16-18-33(57-12)19-17-31)42(54)48(10)30(6)41(53)49(38)11/h16-19,23,26-27,29-30,32,34-38,51H,13-15,20-22,24-25H2,1-12H3,(H,47,52)/b28-23+/t26-,27-,29+,30-,32-,34-,35-,36-,37-,38-/m0/s1. The molecule has 10 atom stereocenters. The number of aliphatic imine (C=N–C) groups is 1. The number of cyclic esters (lactones) is 1. The van der Waals surface area contributed by atoms with E-state index < -0.39 is 65.5 Å². The molecule has 1 fully saturated rings. The Morgan fingerprint density at radius 1 is 1.00 bits per heavy atom. The summed E-state index contributed by atoms with van der Waals surface area (Å²) in [6, 6.07) is 3.19. The van der Waals surface area contributed by atoms with Crippen LogP contribution in [0.15, 0.2) is 40.9 Å². The third kappa shape index (κ3) is 11.9. The van der Waals surface area contributed by atoms with Gasteiger partial charge >= 0.3 is 5.97 Å². The molecule has 1 aromatic carbocycles. The number of aliphatic hydroxyl groups excluding tert-OH is 1. The smallest absolute Gasteiger partial charge is 0.329 e. The summed E-state index contributed by atoms with van der Waals surface area (Å²) in [5, 5.41) is 15.2. The van der Waals surface area contributed by atoms with Crippen molar-refractivity contribution in [2.45, 2.75) is 143 Å². The van der Waals surface area contributed by atoms with Crippen molar-refractivity contribution < 1.29 is 38.6 Å². The number of amides is 4. The highest BCUT2D eigenvalue weighted by Gasteiger charge is 2.44. The zero-order valence-electron chi connectivity index (χ0n) is 37.3. The van der Waals surface area contributed by atoms with Gasteiger partial charge in [-0.2, -0.15) is 0 Å². The Kier molecular flexibility index (Phi) is 16.7. The Balaban J connectivity index is 1.74. The maximum Gasteiger partial charge on any atom is 0.329 e. The van der Waals surface area contributed by atoms with Crippen LogP contribution in [0.3, 0.4) is 0 Å². The number of rotatable bonds is 5. The number of ether oxygens (including phenoxy) is 2. The maximum absolute atomic E-state index is 14.6. The lowest BCUT2D eigenvalue weighted by Crippen LogP contribution is -2.59. The molecule has 0 radical (unpaired) electrons. The van der Waals surface area contributed by atoms with Gasteiger partial charge in [0.05, 0.1) is 24.3 Å². The van der Waals surface area contributed by atoms with Crippen molar-refractivity contribution >= 4 is 46.4 Å². The quantitative estimate of drug-likeness (QED) is 0.377. The summed E-state index contributed by atoms with van der Waals surface area (Å²) in [5.41, 5.74) is 0.758. The van der Waals surface area contributed by atoms with Gasteiger partial charge < -0.3 is 34.6 Å². The van der Waals surface area contributed by atoms with Gasteiger partial charge in [0, 0.05) is 44.3 Å². The van der Waals surface area contributed by atoms with E-state index in [9.17, 15) is 29.1 Å². The van der Waals surface area contributed by atoms with Gasteiger partial charge in [-0.3, -0.25) is 24.2 Å². The third-order valence-corrected chi connectivity index (χ3v) is 13.7. The molecule has 1 aromatic rings. The molecule has 4 rings (SSSR count). The zero-order valence-corrected chi connectivity index (χ0v) is 38.1. The second kappa shape index (κ2) is 20.6. The minimum absolute atomic E-state index is 0.00274. The van der Waals surface area contributed by atoms with E-state index in [-0.39, 0.29) is 36.1 Å². The van der Waals surface area contributed by atoms with Crippen LogP contribution in [-0.4, -0.2) is 130 Å². The minimum Gasteiger partial charge on any atom is -0.497 e. The topological polar surface area (TPSA) is 158 Å². The van der Waals surface area contributed by atoms with E-state index in [0.29, 0.717) is 55.7 Å². The molecular weight excluding hydrogens is 771 g/mol. The molecule has 13 nitrogen and oxygen atoms in total.